The average molecular weight is 253 g/mol. The van der Waals surface area contributed by atoms with Gasteiger partial charge in [0.1, 0.15) is 0 Å². The summed E-state index contributed by atoms with van der Waals surface area (Å²) in [5, 5.41) is 4.90. The van der Waals surface area contributed by atoms with Crippen LogP contribution in [0.2, 0.25) is 0 Å². The highest BCUT2D eigenvalue weighted by Crippen LogP contribution is 2.19. The van der Waals surface area contributed by atoms with Crippen molar-refractivity contribution in [2.75, 3.05) is 0 Å². The Morgan fingerprint density at radius 3 is 2.94 bits per heavy atom. The molecule has 3 heteroatoms. The molecule has 0 fully saturated rings. The molecular formula is C15H11NOS. The third-order valence-electron chi connectivity index (χ3n) is 2.84. The summed E-state index contributed by atoms with van der Waals surface area (Å²) >= 11 is 1.53. The molecule has 0 atom stereocenters. The van der Waals surface area contributed by atoms with Gasteiger partial charge >= 0.3 is 0 Å². The van der Waals surface area contributed by atoms with E-state index in [2.05, 4.69) is 4.98 Å². The van der Waals surface area contributed by atoms with Crippen molar-refractivity contribution in [3.8, 4) is 0 Å². The Balaban J connectivity index is 1.91. The molecule has 0 saturated heterocycles. The number of aromatic amines is 1. The Morgan fingerprint density at radius 1 is 1.22 bits per heavy atom. The maximum absolute atomic E-state index is 11.8. The van der Waals surface area contributed by atoms with Crippen molar-refractivity contribution in [2.24, 2.45) is 0 Å². The molecule has 0 radical (unpaired) electrons. The van der Waals surface area contributed by atoms with Crippen molar-refractivity contribution in [1.29, 1.82) is 0 Å². The first-order chi connectivity index (χ1) is 8.84. The van der Waals surface area contributed by atoms with Crippen LogP contribution in [0.3, 0.4) is 0 Å². The van der Waals surface area contributed by atoms with Gasteiger partial charge in [0.15, 0.2) is 5.78 Å². The molecule has 0 aliphatic rings. The Morgan fingerprint density at radius 2 is 2.11 bits per heavy atom. The van der Waals surface area contributed by atoms with E-state index in [1.54, 1.807) is 6.08 Å². The number of rotatable bonds is 3. The summed E-state index contributed by atoms with van der Waals surface area (Å²) in [4.78, 5) is 15.0. The van der Waals surface area contributed by atoms with E-state index >= 15 is 0 Å². The number of thiophene rings is 1. The van der Waals surface area contributed by atoms with Crippen molar-refractivity contribution in [3.63, 3.8) is 0 Å². The van der Waals surface area contributed by atoms with Gasteiger partial charge in [-0.1, -0.05) is 18.2 Å². The fourth-order valence-corrected chi connectivity index (χ4v) is 2.54. The molecule has 18 heavy (non-hydrogen) atoms. The third-order valence-corrected chi connectivity index (χ3v) is 3.52. The molecule has 2 nitrogen and oxygen atoms in total. The van der Waals surface area contributed by atoms with Gasteiger partial charge in [0.2, 0.25) is 0 Å². The lowest BCUT2D eigenvalue weighted by Gasteiger charge is -1.91. The minimum absolute atomic E-state index is 0.0431. The number of para-hydroxylation sites is 1. The standard InChI is InChI=1S/C15H11NOS/c17-15(12-7-8-18-10-12)6-5-11-9-16-14-4-2-1-3-13(11)14/h1-10,16H/b6-5+. The summed E-state index contributed by atoms with van der Waals surface area (Å²) in [5.41, 5.74) is 2.87. The minimum atomic E-state index is 0.0431. The van der Waals surface area contributed by atoms with Gasteiger partial charge in [-0.2, -0.15) is 11.3 Å². The fourth-order valence-electron chi connectivity index (χ4n) is 1.90. The molecule has 88 valence electrons. The molecule has 0 saturated carbocycles. The van der Waals surface area contributed by atoms with E-state index in [1.807, 2.05) is 53.4 Å². The minimum Gasteiger partial charge on any atom is -0.361 e. The zero-order valence-electron chi connectivity index (χ0n) is 9.59. The molecule has 3 rings (SSSR count). The molecule has 0 amide bonds. The van der Waals surface area contributed by atoms with Gasteiger partial charge in [-0.05, 0) is 35.2 Å². The molecule has 0 bridgehead atoms. The zero-order chi connectivity index (χ0) is 12.4. The summed E-state index contributed by atoms with van der Waals surface area (Å²) in [6.45, 7) is 0. The Kier molecular flexibility index (Phi) is 2.82. The van der Waals surface area contributed by atoms with Crippen LogP contribution in [0.15, 0.2) is 53.4 Å². The molecular weight excluding hydrogens is 242 g/mol. The van der Waals surface area contributed by atoms with Crippen molar-refractivity contribution >= 4 is 34.1 Å². The fraction of sp³-hybridized carbons (Fsp3) is 0. The lowest BCUT2D eigenvalue weighted by molar-refractivity contribution is 0.104. The van der Waals surface area contributed by atoms with Crippen LogP contribution >= 0.6 is 11.3 Å². The van der Waals surface area contributed by atoms with Crippen LogP contribution in [0.1, 0.15) is 15.9 Å². The SMILES string of the molecule is O=C(/C=C/c1c[nH]c2ccccc12)c1ccsc1. The lowest BCUT2D eigenvalue weighted by Crippen LogP contribution is -1.89. The van der Waals surface area contributed by atoms with Crippen LogP contribution in [-0.4, -0.2) is 10.8 Å². The van der Waals surface area contributed by atoms with Crippen LogP contribution in [0.25, 0.3) is 17.0 Å². The van der Waals surface area contributed by atoms with Gasteiger partial charge in [-0.3, -0.25) is 4.79 Å². The number of fused-ring (bicyclic) bond motifs is 1. The van der Waals surface area contributed by atoms with Crippen LogP contribution < -0.4 is 0 Å². The highest BCUT2D eigenvalue weighted by atomic mass is 32.1. The second kappa shape index (κ2) is 4.63. The Hall–Kier alpha value is -2.13. The second-order valence-electron chi connectivity index (χ2n) is 4.00. The molecule has 1 aromatic carbocycles. The van der Waals surface area contributed by atoms with Crippen molar-refractivity contribution in [3.05, 3.63) is 64.5 Å². The number of nitrogens with one attached hydrogen (secondary N) is 1. The second-order valence-corrected chi connectivity index (χ2v) is 4.78. The quantitative estimate of drug-likeness (QED) is 0.552. The van der Waals surface area contributed by atoms with Gasteiger partial charge < -0.3 is 4.98 Å². The molecule has 0 aliphatic carbocycles. The first-order valence-corrected chi connectivity index (χ1v) is 6.59. The molecule has 2 heterocycles. The maximum atomic E-state index is 11.8. The Bertz CT molecular complexity index is 707. The summed E-state index contributed by atoms with van der Waals surface area (Å²) in [5.74, 6) is 0.0431. The van der Waals surface area contributed by atoms with E-state index in [0.29, 0.717) is 0 Å². The van der Waals surface area contributed by atoms with E-state index < -0.39 is 0 Å². The monoisotopic (exact) mass is 253 g/mol. The Labute approximate surface area is 109 Å². The molecule has 3 aromatic rings. The van der Waals surface area contributed by atoms with Gasteiger partial charge in [-0.25, -0.2) is 0 Å². The predicted molar refractivity (Wildman–Crippen MR) is 76.0 cm³/mol. The van der Waals surface area contributed by atoms with Crippen LogP contribution in [0, 0.1) is 0 Å². The lowest BCUT2D eigenvalue weighted by atomic mass is 10.1. The number of carbonyl (C=O) groups is 1. The maximum Gasteiger partial charge on any atom is 0.186 e. The largest absolute Gasteiger partial charge is 0.361 e. The first-order valence-electron chi connectivity index (χ1n) is 5.65. The van der Waals surface area contributed by atoms with E-state index in [4.69, 9.17) is 0 Å². The summed E-state index contributed by atoms with van der Waals surface area (Å²) in [7, 11) is 0. The number of ketones is 1. The van der Waals surface area contributed by atoms with Crippen molar-refractivity contribution in [2.45, 2.75) is 0 Å². The molecule has 0 spiro atoms. The molecule has 0 aliphatic heterocycles. The van der Waals surface area contributed by atoms with E-state index in [9.17, 15) is 4.79 Å². The van der Waals surface area contributed by atoms with Crippen molar-refractivity contribution < 1.29 is 4.79 Å². The van der Waals surface area contributed by atoms with Crippen LogP contribution in [0.5, 0.6) is 0 Å². The number of hydrogen-bond acceptors (Lipinski definition) is 2. The summed E-state index contributed by atoms with van der Waals surface area (Å²) in [6.07, 6.45) is 5.40. The van der Waals surface area contributed by atoms with Gasteiger partial charge in [0.25, 0.3) is 0 Å². The van der Waals surface area contributed by atoms with Gasteiger partial charge in [-0.15, -0.1) is 0 Å². The van der Waals surface area contributed by atoms with E-state index in [0.717, 1.165) is 22.0 Å². The van der Waals surface area contributed by atoms with E-state index in [-0.39, 0.29) is 5.78 Å². The van der Waals surface area contributed by atoms with E-state index in [1.165, 1.54) is 11.3 Å². The number of H-pyrrole nitrogens is 1. The summed E-state index contributed by atoms with van der Waals surface area (Å²) in [6, 6.07) is 9.89. The van der Waals surface area contributed by atoms with Gasteiger partial charge in [0.05, 0.1) is 0 Å². The number of allylic oxidation sites excluding steroid dienone is 1. The number of hydrogen-bond donors (Lipinski definition) is 1. The number of carbonyl (C=O) groups excluding carboxylic acids is 1. The van der Waals surface area contributed by atoms with Crippen LogP contribution in [-0.2, 0) is 0 Å². The first kappa shape index (κ1) is 11.0. The molecule has 2 aromatic heterocycles. The van der Waals surface area contributed by atoms with Crippen molar-refractivity contribution in [1.82, 2.24) is 4.98 Å². The van der Waals surface area contributed by atoms with Crippen LogP contribution in [0.4, 0.5) is 0 Å². The normalized spacial score (nSPS) is 11.3. The molecule has 1 N–H and O–H groups in total. The smallest absolute Gasteiger partial charge is 0.186 e. The average Bonchev–Trinajstić information content (AvgIpc) is 3.06. The number of benzene rings is 1. The molecule has 0 unspecified atom stereocenters. The predicted octanol–water partition coefficient (Wildman–Crippen LogP) is 4.13. The zero-order valence-corrected chi connectivity index (χ0v) is 10.4. The highest BCUT2D eigenvalue weighted by molar-refractivity contribution is 7.08. The topological polar surface area (TPSA) is 32.9 Å². The third kappa shape index (κ3) is 2.00. The highest BCUT2D eigenvalue weighted by Gasteiger charge is 2.03. The summed E-state index contributed by atoms with van der Waals surface area (Å²) < 4.78 is 0. The van der Waals surface area contributed by atoms with Gasteiger partial charge in [0, 0.05) is 28.0 Å². The number of aromatic nitrogens is 1.